The number of aliphatic hydroxyl groups excluding tert-OH is 1. The summed E-state index contributed by atoms with van der Waals surface area (Å²) in [6, 6.07) is 5.39. The molecule has 1 rings (SSSR count). The highest BCUT2D eigenvalue weighted by molar-refractivity contribution is 5.44. The summed E-state index contributed by atoms with van der Waals surface area (Å²) < 4.78 is 0. The Bertz CT molecular complexity index is 264. The van der Waals surface area contributed by atoms with Gasteiger partial charge in [-0.15, -0.1) is 0 Å². The van der Waals surface area contributed by atoms with Crippen LogP contribution in [0.25, 0.3) is 0 Å². The van der Waals surface area contributed by atoms with Gasteiger partial charge in [0.05, 0.1) is 6.10 Å². The molecule has 0 aromatic carbocycles. The highest BCUT2D eigenvalue weighted by Gasteiger charge is 1.97. The number of nitrogens with two attached hydrogens (primary N) is 1. The maximum absolute atomic E-state index is 9.01. The molecule has 5 nitrogen and oxygen atoms in total. The summed E-state index contributed by atoms with van der Waals surface area (Å²) in [5.74, 6) is 6.47. The molecule has 0 fully saturated rings. The molecule has 0 aliphatic carbocycles. The van der Waals surface area contributed by atoms with Gasteiger partial charge in [0, 0.05) is 6.54 Å². The minimum absolute atomic E-state index is 0.392. The van der Waals surface area contributed by atoms with E-state index in [9.17, 15) is 0 Å². The van der Waals surface area contributed by atoms with Crippen LogP contribution < -0.4 is 16.6 Å². The van der Waals surface area contributed by atoms with Crippen molar-refractivity contribution < 1.29 is 5.11 Å². The highest BCUT2D eigenvalue weighted by Crippen LogP contribution is 2.07. The van der Waals surface area contributed by atoms with Crippen LogP contribution in [0.15, 0.2) is 18.2 Å². The van der Waals surface area contributed by atoms with Gasteiger partial charge in [-0.25, -0.2) is 10.8 Å². The molecule has 1 aromatic heterocycles. The quantitative estimate of drug-likeness (QED) is 0.394. The predicted octanol–water partition coefficient (Wildman–Crippen LogP) is 0.160. The lowest BCUT2D eigenvalue weighted by molar-refractivity contribution is 0.208. The summed E-state index contributed by atoms with van der Waals surface area (Å²) >= 11 is 0. The molecule has 5 N–H and O–H groups in total. The van der Waals surface area contributed by atoms with Crippen LogP contribution in [-0.4, -0.2) is 22.7 Å². The summed E-state index contributed by atoms with van der Waals surface area (Å²) in [6.45, 7) is 2.18. The Kier molecular flexibility index (Phi) is 3.48. The van der Waals surface area contributed by atoms with Gasteiger partial charge in [-0.3, -0.25) is 0 Å². The fourth-order valence-electron chi connectivity index (χ4n) is 0.866. The Morgan fingerprint density at radius 3 is 2.85 bits per heavy atom. The number of anilines is 2. The molecule has 0 aliphatic heterocycles. The van der Waals surface area contributed by atoms with E-state index in [2.05, 4.69) is 15.7 Å². The van der Waals surface area contributed by atoms with Crippen molar-refractivity contribution >= 4 is 11.6 Å². The van der Waals surface area contributed by atoms with Crippen molar-refractivity contribution in [1.29, 1.82) is 0 Å². The van der Waals surface area contributed by atoms with Crippen molar-refractivity contribution in [2.24, 2.45) is 5.84 Å². The van der Waals surface area contributed by atoms with E-state index < -0.39 is 6.10 Å². The Labute approximate surface area is 76.9 Å². The van der Waals surface area contributed by atoms with E-state index >= 15 is 0 Å². The first kappa shape index (κ1) is 9.76. The lowest BCUT2D eigenvalue weighted by atomic mass is 10.4. The number of hydrogen-bond donors (Lipinski definition) is 4. The van der Waals surface area contributed by atoms with Crippen molar-refractivity contribution in [3.05, 3.63) is 18.2 Å². The van der Waals surface area contributed by atoms with Crippen molar-refractivity contribution in [3.63, 3.8) is 0 Å². The maximum atomic E-state index is 9.01. The second-order valence-electron chi connectivity index (χ2n) is 2.78. The molecule has 0 saturated carbocycles. The summed E-state index contributed by atoms with van der Waals surface area (Å²) in [7, 11) is 0. The number of nitrogens with zero attached hydrogens (tertiary/aromatic N) is 1. The van der Waals surface area contributed by atoms with Crippen LogP contribution >= 0.6 is 0 Å². The predicted molar refractivity (Wildman–Crippen MR) is 52.2 cm³/mol. The van der Waals surface area contributed by atoms with E-state index in [1.165, 1.54) is 0 Å². The van der Waals surface area contributed by atoms with E-state index in [1.807, 2.05) is 12.1 Å². The molecule has 0 saturated heterocycles. The van der Waals surface area contributed by atoms with Crippen LogP contribution in [0.1, 0.15) is 6.92 Å². The number of nitrogen functional groups attached to an aromatic ring is 1. The minimum atomic E-state index is -0.392. The van der Waals surface area contributed by atoms with Crippen LogP contribution in [0.5, 0.6) is 0 Å². The molecule has 0 amide bonds. The fourth-order valence-corrected chi connectivity index (χ4v) is 0.866. The summed E-state index contributed by atoms with van der Waals surface area (Å²) in [6.07, 6.45) is -0.392. The molecule has 1 heterocycles. The van der Waals surface area contributed by atoms with Crippen molar-refractivity contribution in [1.82, 2.24) is 4.98 Å². The SMILES string of the molecule is CC(O)CNc1cccc(NN)n1. The lowest BCUT2D eigenvalue weighted by Crippen LogP contribution is -2.16. The first-order chi connectivity index (χ1) is 6.22. The van der Waals surface area contributed by atoms with E-state index in [1.54, 1.807) is 13.0 Å². The average Bonchev–Trinajstić information content (AvgIpc) is 2.15. The van der Waals surface area contributed by atoms with Gasteiger partial charge in [0.25, 0.3) is 0 Å². The third-order valence-corrected chi connectivity index (χ3v) is 1.48. The second kappa shape index (κ2) is 4.64. The second-order valence-corrected chi connectivity index (χ2v) is 2.78. The van der Waals surface area contributed by atoms with Crippen molar-refractivity contribution in [2.45, 2.75) is 13.0 Å². The number of hydrogen-bond acceptors (Lipinski definition) is 5. The van der Waals surface area contributed by atoms with Crippen LogP contribution in [0.4, 0.5) is 11.6 Å². The molecule has 0 radical (unpaired) electrons. The van der Waals surface area contributed by atoms with Crippen molar-refractivity contribution in [3.8, 4) is 0 Å². The molecule has 5 heteroatoms. The summed E-state index contributed by atoms with van der Waals surface area (Å²) in [4.78, 5) is 4.10. The average molecular weight is 182 g/mol. The van der Waals surface area contributed by atoms with Gasteiger partial charge in [0.1, 0.15) is 11.6 Å². The zero-order valence-electron chi connectivity index (χ0n) is 7.49. The summed E-state index contributed by atoms with van der Waals surface area (Å²) in [5.41, 5.74) is 2.44. The Balaban J connectivity index is 2.56. The number of rotatable bonds is 4. The maximum Gasteiger partial charge on any atom is 0.142 e. The van der Waals surface area contributed by atoms with Gasteiger partial charge >= 0.3 is 0 Å². The van der Waals surface area contributed by atoms with E-state index in [-0.39, 0.29) is 0 Å². The number of aromatic nitrogens is 1. The first-order valence-corrected chi connectivity index (χ1v) is 4.08. The topological polar surface area (TPSA) is 83.2 Å². The molecule has 1 unspecified atom stereocenters. The first-order valence-electron chi connectivity index (χ1n) is 4.08. The molecule has 1 atom stereocenters. The standard InChI is InChI=1S/C8H14N4O/c1-6(13)5-10-7-3-2-4-8(11-7)12-9/h2-4,6,13H,5,9H2,1H3,(H2,10,11,12). The Morgan fingerprint density at radius 1 is 1.54 bits per heavy atom. The fraction of sp³-hybridized carbons (Fsp3) is 0.375. The summed E-state index contributed by atoms with van der Waals surface area (Å²) in [5, 5.41) is 12.0. The molecular formula is C8H14N4O. The van der Waals surface area contributed by atoms with Gasteiger partial charge in [-0.2, -0.15) is 0 Å². The molecule has 0 bridgehead atoms. The normalized spacial score (nSPS) is 12.2. The molecule has 13 heavy (non-hydrogen) atoms. The lowest BCUT2D eigenvalue weighted by Gasteiger charge is -2.08. The minimum Gasteiger partial charge on any atom is -0.392 e. The number of aliphatic hydroxyl groups is 1. The van der Waals surface area contributed by atoms with Crippen LogP contribution in [0, 0.1) is 0 Å². The number of hydrazine groups is 1. The van der Waals surface area contributed by atoms with Crippen molar-refractivity contribution in [2.75, 3.05) is 17.3 Å². The van der Waals surface area contributed by atoms with Gasteiger partial charge < -0.3 is 15.8 Å². The number of nitrogens with one attached hydrogen (secondary N) is 2. The zero-order chi connectivity index (χ0) is 9.68. The third kappa shape index (κ3) is 3.27. The molecule has 72 valence electrons. The monoisotopic (exact) mass is 182 g/mol. The Morgan fingerprint density at radius 2 is 2.23 bits per heavy atom. The van der Waals surface area contributed by atoms with Gasteiger partial charge in [-0.05, 0) is 19.1 Å². The van der Waals surface area contributed by atoms with E-state index in [4.69, 9.17) is 10.9 Å². The molecule has 0 aliphatic rings. The largest absolute Gasteiger partial charge is 0.392 e. The van der Waals surface area contributed by atoms with Crippen LogP contribution in [-0.2, 0) is 0 Å². The van der Waals surface area contributed by atoms with Gasteiger partial charge in [-0.1, -0.05) is 6.07 Å². The number of pyridine rings is 1. The van der Waals surface area contributed by atoms with Gasteiger partial charge in [0.15, 0.2) is 0 Å². The van der Waals surface area contributed by atoms with Crippen LogP contribution in [0.2, 0.25) is 0 Å². The van der Waals surface area contributed by atoms with E-state index in [0.717, 1.165) is 0 Å². The van der Waals surface area contributed by atoms with E-state index in [0.29, 0.717) is 18.2 Å². The van der Waals surface area contributed by atoms with Gasteiger partial charge in [0.2, 0.25) is 0 Å². The van der Waals surface area contributed by atoms with Crippen LogP contribution in [0.3, 0.4) is 0 Å². The Hall–Kier alpha value is -1.33. The molecule has 1 aromatic rings. The zero-order valence-corrected chi connectivity index (χ0v) is 7.49. The highest BCUT2D eigenvalue weighted by atomic mass is 16.3. The smallest absolute Gasteiger partial charge is 0.142 e. The molecular weight excluding hydrogens is 168 g/mol. The molecule has 0 spiro atoms. The third-order valence-electron chi connectivity index (χ3n) is 1.48.